The van der Waals surface area contributed by atoms with Crippen LogP contribution in [0.1, 0.15) is 90.9 Å². The summed E-state index contributed by atoms with van der Waals surface area (Å²) in [5.74, 6) is 3.92. The molecule has 3 fully saturated rings. The van der Waals surface area contributed by atoms with Gasteiger partial charge in [0, 0.05) is 0 Å². The van der Waals surface area contributed by atoms with Gasteiger partial charge in [-0.25, -0.2) is 0 Å². The average Bonchev–Trinajstić information content (AvgIpc) is 2.58. The molecule has 0 saturated heterocycles. The molecule has 3 nitrogen and oxygen atoms in total. The minimum atomic E-state index is 0. The molecule has 0 aromatic rings. The Bertz CT molecular complexity index is 371. The summed E-state index contributed by atoms with van der Waals surface area (Å²) in [4.78, 5) is 12.5. The number of esters is 1. The van der Waals surface area contributed by atoms with Crippen molar-refractivity contribution in [2.45, 2.75) is 97.0 Å². The molecule has 0 radical (unpaired) electrons. The highest BCUT2D eigenvalue weighted by atomic mass is 16.5. The zero-order valence-corrected chi connectivity index (χ0v) is 15.8. The SMILES string of the molecule is CC1CCC(OC(=O)C2CCC(C3CCC(C)CC3)CC2)CC1.O. The molecule has 0 spiro atoms. The molecule has 3 aliphatic rings. The Labute approximate surface area is 148 Å². The zero-order valence-electron chi connectivity index (χ0n) is 15.8. The van der Waals surface area contributed by atoms with Crippen molar-refractivity contribution >= 4 is 5.97 Å². The highest BCUT2D eigenvalue weighted by Crippen LogP contribution is 2.41. The van der Waals surface area contributed by atoms with E-state index in [9.17, 15) is 4.79 Å². The largest absolute Gasteiger partial charge is 0.462 e. The second kappa shape index (κ2) is 9.22. The van der Waals surface area contributed by atoms with Crippen LogP contribution in [0.3, 0.4) is 0 Å². The molecule has 0 aliphatic heterocycles. The van der Waals surface area contributed by atoms with Gasteiger partial charge in [0.05, 0.1) is 5.92 Å². The summed E-state index contributed by atoms with van der Waals surface area (Å²) in [7, 11) is 0. The molecular weight excluding hydrogens is 300 g/mol. The standard InChI is InChI=1S/C21H36O2.H2O/c1-15-3-7-17(8-4-15)18-9-11-19(12-10-18)21(22)23-20-13-5-16(2)6-14-20;/h15-20H,3-14H2,1-2H3;1H2. The molecule has 0 bridgehead atoms. The van der Waals surface area contributed by atoms with Crippen LogP contribution in [0.25, 0.3) is 0 Å². The van der Waals surface area contributed by atoms with E-state index >= 15 is 0 Å². The lowest BCUT2D eigenvalue weighted by molar-refractivity contribution is -0.157. The van der Waals surface area contributed by atoms with Crippen LogP contribution in [0.5, 0.6) is 0 Å². The van der Waals surface area contributed by atoms with Gasteiger partial charge in [-0.1, -0.05) is 26.7 Å². The Morgan fingerprint density at radius 1 is 0.667 bits per heavy atom. The van der Waals surface area contributed by atoms with Gasteiger partial charge in [0.1, 0.15) is 6.10 Å². The Balaban J connectivity index is 0.00000208. The predicted octanol–water partition coefficient (Wildman–Crippen LogP) is 4.92. The van der Waals surface area contributed by atoms with Crippen molar-refractivity contribution in [1.82, 2.24) is 0 Å². The van der Waals surface area contributed by atoms with Crippen molar-refractivity contribution in [3.8, 4) is 0 Å². The number of hydrogen-bond acceptors (Lipinski definition) is 2. The minimum absolute atomic E-state index is 0. The first-order valence-corrected chi connectivity index (χ1v) is 10.3. The molecule has 3 saturated carbocycles. The van der Waals surface area contributed by atoms with Gasteiger partial charge in [0.2, 0.25) is 0 Å². The monoisotopic (exact) mass is 338 g/mol. The summed E-state index contributed by atoms with van der Waals surface area (Å²) in [5, 5.41) is 0. The van der Waals surface area contributed by atoms with Crippen LogP contribution >= 0.6 is 0 Å². The van der Waals surface area contributed by atoms with Gasteiger partial charge < -0.3 is 10.2 Å². The molecule has 3 heteroatoms. The van der Waals surface area contributed by atoms with E-state index in [-0.39, 0.29) is 23.5 Å². The van der Waals surface area contributed by atoms with Crippen molar-refractivity contribution in [1.29, 1.82) is 0 Å². The minimum Gasteiger partial charge on any atom is -0.462 e. The highest BCUT2D eigenvalue weighted by molar-refractivity contribution is 5.72. The molecular formula is C21H38O3. The third kappa shape index (κ3) is 5.21. The van der Waals surface area contributed by atoms with Crippen LogP contribution in [0.4, 0.5) is 0 Å². The molecule has 0 amide bonds. The topological polar surface area (TPSA) is 57.8 Å². The van der Waals surface area contributed by atoms with Gasteiger partial charge in [0.25, 0.3) is 0 Å². The Morgan fingerprint density at radius 3 is 1.58 bits per heavy atom. The fraction of sp³-hybridized carbons (Fsp3) is 0.952. The predicted molar refractivity (Wildman–Crippen MR) is 97.7 cm³/mol. The van der Waals surface area contributed by atoms with Gasteiger partial charge in [0.15, 0.2) is 0 Å². The van der Waals surface area contributed by atoms with Crippen LogP contribution in [0, 0.1) is 29.6 Å². The van der Waals surface area contributed by atoms with E-state index < -0.39 is 0 Å². The van der Waals surface area contributed by atoms with Gasteiger partial charge in [-0.05, 0) is 87.9 Å². The number of carbonyl (C=O) groups is 1. The van der Waals surface area contributed by atoms with Crippen molar-refractivity contribution in [2.24, 2.45) is 29.6 Å². The van der Waals surface area contributed by atoms with E-state index in [4.69, 9.17) is 4.74 Å². The smallest absolute Gasteiger partial charge is 0.309 e. The van der Waals surface area contributed by atoms with Gasteiger partial charge in [-0.15, -0.1) is 0 Å². The van der Waals surface area contributed by atoms with Crippen molar-refractivity contribution in [3.63, 3.8) is 0 Å². The molecule has 3 rings (SSSR count). The quantitative estimate of drug-likeness (QED) is 0.686. The van der Waals surface area contributed by atoms with Crippen LogP contribution in [-0.2, 0) is 9.53 Å². The fourth-order valence-corrected chi connectivity index (χ4v) is 5.19. The van der Waals surface area contributed by atoms with Crippen LogP contribution < -0.4 is 0 Å². The first kappa shape index (κ1) is 19.8. The van der Waals surface area contributed by atoms with Crippen LogP contribution in [0.15, 0.2) is 0 Å². The molecule has 2 N–H and O–H groups in total. The molecule has 0 unspecified atom stereocenters. The van der Waals surface area contributed by atoms with Crippen LogP contribution in [0.2, 0.25) is 0 Å². The summed E-state index contributed by atoms with van der Waals surface area (Å²) in [6.07, 6.45) is 15.2. The van der Waals surface area contributed by atoms with E-state index in [0.717, 1.165) is 49.4 Å². The molecule has 0 heterocycles. The van der Waals surface area contributed by atoms with E-state index in [0.29, 0.717) is 0 Å². The highest BCUT2D eigenvalue weighted by Gasteiger charge is 2.34. The molecule has 3 aliphatic carbocycles. The van der Waals surface area contributed by atoms with E-state index in [1.807, 2.05) is 0 Å². The number of ether oxygens (including phenoxy) is 1. The lowest BCUT2D eigenvalue weighted by atomic mass is 9.69. The maximum Gasteiger partial charge on any atom is 0.309 e. The van der Waals surface area contributed by atoms with E-state index in [2.05, 4.69) is 13.8 Å². The second-order valence-electron chi connectivity index (χ2n) is 8.95. The van der Waals surface area contributed by atoms with Gasteiger partial charge in [-0.3, -0.25) is 4.79 Å². The first-order valence-electron chi connectivity index (χ1n) is 10.3. The molecule has 0 aromatic heterocycles. The van der Waals surface area contributed by atoms with E-state index in [1.54, 1.807) is 0 Å². The molecule has 140 valence electrons. The fourth-order valence-electron chi connectivity index (χ4n) is 5.19. The molecule has 0 aromatic carbocycles. The number of rotatable bonds is 3. The number of carbonyl (C=O) groups excluding carboxylic acids is 1. The summed E-state index contributed by atoms with van der Waals surface area (Å²) in [6, 6.07) is 0. The van der Waals surface area contributed by atoms with Crippen molar-refractivity contribution < 1.29 is 15.0 Å². The summed E-state index contributed by atoms with van der Waals surface area (Å²) in [6.45, 7) is 4.71. The lowest BCUT2D eigenvalue weighted by Gasteiger charge is -2.37. The lowest BCUT2D eigenvalue weighted by Crippen LogP contribution is -2.31. The Morgan fingerprint density at radius 2 is 1.08 bits per heavy atom. The Kier molecular flexibility index (Phi) is 7.59. The average molecular weight is 339 g/mol. The summed E-state index contributed by atoms with van der Waals surface area (Å²) in [5.41, 5.74) is 0. The normalized spacial score (nSPS) is 40.4. The van der Waals surface area contributed by atoms with Crippen molar-refractivity contribution in [2.75, 3.05) is 0 Å². The zero-order chi connectivity index (χ0) is 16.2. The first-order chi connectivity index (χ1) is 11.1. The third-order valence-corrected chi connectivity index (χ3v) is 7.08. The Hall–Kier alpha value is -0.570. The second-order valence-corrected chi connectivity index (χ2v) is 8.95. The maximum atomic E-state index is 12.5. The van der Waals surface area contributed by atoms with Gasteiger partial charge in [-0.2, -0.15) is 0 Å². The maximum absolute atomic E-state index is 12.5. The third-order valence-electron chi connectivity index (χ3n) is 7.08. The summed E-state index contributed by atoms with van der Waals surface area (Å²) >= 11 is 0. The molecule has 0 atom stereocenters. The van der Waals surface area contributed by atoms with E-state index in [1.165, 1.54) is 51.4 Å². The molecule has 24 heavy (non-hydrogen) atoms. The summed E-state index contributed by atoms with van der Waals surface area (Å²) < 4.78 is 5.83. The van der Waals surface area contributed by atoms with Crippen molar-refractivity contribution in [3.05, 3.63) is 0 Å². The van der Waals surface area contributed by atoms with Crippen LogP contribution in [-0.4, -0.2) is 17.5 Å². The number of hydrogen-bond donors (Lipinski definition) is 0. The van der Waals surface area contributed by atoms with Gasteiger partial charge >= 0.3 is 5.97 Å².